The Bertz CT molecular complexity index is 1040. The van der Waals surface area contributed by atoms with E-state index in [4.69, 9.17) is 0 Å². The van der Waals surface area contributed by atoms with Crippen LogP contribution in [0.4, 0.5) is 11.4 Å². The second-order valence-electron chi connectivity index (χ2n) is 7.98. The van der Waals surface area contributed by atoms with Crippen LogP contribution in [-0.2, 0) is 5.41 Å². The van der Waals surface area contributed by atoms with Crippen molar-refractivity contribution < 1.29 is 0 Å². The molecule has 0 saturated heterocycles. The van der Waals surface area contributed by atoms with Crippen molar-refractivity contribution in [3.8, 4) is 0 Å². The van der Waals surface area contributed by atoms with E-state index in [1.165, 1.54) is 33.6 Å². The number of fused-ring (bicyclic) bond motifs is 2. The molecule has 0 atom stereocenters. The molecule has 1 aliphatic rings. The van der Waals surface area contributed by atoms with Crippen molar-refractivity contribution in [2.24, 2.45) is 0 Å². The molecule has 0 aromatic heterocycles. The van der Waals surface area contributed by atoms with Gasteiger partial charge in [-0.1, -0.05) is 97.1 Å². The van der Waals surface area contributed by atoms with Crippen LogP contribution in [-0.4, -0.2) is 6.04 Å². The van der Waals surface area contributed by atoms with Crippen molar-refractivity contribution in [2.75, 3.05) is 4.90 Å². The highest BCUT2D eigenvalue weighted by Crippen LogP contribution is 2.55. The molecule has 0 spiro atoms. The Morgan fingerprint density at radius 2 is 0.897 bits per heavy atom. The molecule has 0 fully saturated rings. The molecule has 4 aromatic carbocycles. The zero-order valence-electron chi connectivity index (χ0n) is 16.9. The molecule has 1 heterocycles. The van der Waals surface area contributed by atoms with Gasteiger partial charge in [0.15, 0.2) is 0 Å². The van der Waals surface area contributed by atoms with Gasteiger partial charge in [-0.3, -0.25) is 0 Å². The fraction of sp³-hybridized carbons (Fsp3) is 0.143. The molecule has 5 rings (SSSR count). The van der Waals surface area contributed by atoms with Crippen LogP contribution >= 0.6 is 0 Å². The van der Waals surface area contributed by atoms with Gasteiger partial charge in [0.2, 0.25) is 0 Å². The largest absolute Gasteiger partial charge is 0.338 e. The Kier molecular flexibility index (Phi) is 4.24. The summed E-state index contributed by atoms with van der Waals surface area (Å²) in [6.07, 6.45) is 0. The Balaban J connectivity index is 1.98. The minimum Gasteiger partial charge on any atom is -0.338 e. The number of anilines is 2. The predicted octanol–water partition coefficient (Wildman–Crippen LogP) is 6.93. The van der Waals surface area contributed by atoms with Gasteiger partial charge in [0.05, 0.1) is 5.41 Å². The number of nitrogens with zero attached hydrogens (tertiary/aromatic N) is 1. The maximum Gasteiger partial charge on any atom is 0.0742 e. The molecular formula is C28H25N. The van der Waals surface area contributed by atoms with Gasteiger partial charge >= 0.3 is 0 Å². The van der Waals surface area contributed by atoms with Gasteiger partial charge in [0.1, 0.15) is 0 Å². The minimum atomic E-state index is -0.346. The summed E-state index contributed by atoms with van der Waals surface area (Å²) in [5.41, 5.74) is 7.50. The Labute approximate surface area is 173 Å². The van der Waals surface area contributed by atoms with Crippen LogP contribution in [0, 0.1) is 0 Å². The highest BCUT2D eigenvalue weighted by molar-refractivity contribution is 5.83. The molecule has 0 N–H and O–H groups in total. The van der Waals surface area contributed by atoms with Crippen LogP contribution in [0.3, 0.4) is 0 Å². The third kappa shape index (κ3) is 2.54. The Morgan fingerprint density at radius 3 is 1.31 bits per heavy atom. The Hall–Kier alpha value is -3.32. The summed E-state index contributed by atoms with van der Waals surface area (Å²) < 4.78 is 0. The second kappa shape index (κ2) is 6.93. The molecule has 0 unspecified atom stereocenters. The predicted molar refractivity (Wildman–Crippen MR) is 122 cm³/mol. The van der Waals surface area contributed by atoms with Gasteiger partial charge in [-0.15, -0.1) is 0 Å². The average molecular weight is 376 g/mol. The number of para-hydroxylation sites is 2. The molecule has 0 radical (unpaired) electrons. The summed E-state index contributed by atoms with van der Waals surface area (Å²) in [5.74, 6) is 0. The fourth-order valence-corrected chi connectivity index (χ4v) is 5.00. The van der Waals surface area contributed by atoms with Gasteiger partial charge in [0, 0.05) is 17.4 Å². The third-order valence-corrected chi connectivity index (χ3v) is 6.07. The number of benzene rings is 4. The van der Waals surface area contributed by atoms with Crippen LogP contribution < -0.4 is 4.90 Å². The quantitative estimate of drug-likeness (QED) is 0.375. The van der Waals surface area contributed by atoms with Crippen LogP contribution in [0.15, 0.2) is 109 Å². The monoisotopic (exact) mass is 375 g/mol. The summed E-state index contributed by atoms with van der Waals surface area (Å²) >= 11 is 0. The maximum absolute atomic E-state index is 2.48. The smallest absolute Gasteiger partial charge is 0.0742 e. The van der Waals surface area contributed by atoms with Crippen molar-refractivity contribution >= 4 is 11.4 Å². The summed E-state index contributed by atoms with van der Waals surface area (Å²) in [5, 5.41) is 0. The minimum absolute atomic E-state index is 0.346. The topological polar surface area (TPSA) is 3.24 Å². The second-order valence-corrected chi connectivity index (χ2v) is 7.98. The maximum atomic E-state index is 2.48. The average Bonchev–Trinajstić information content (AvgIpc) is 2.78. The fourth-order valence-electron chi connectivity index (χ4n) is 5.00. The molecule has 1 nitrogen and oxygen atoms in total. The zero-order valence-corrected chi connectivity index (χ0v) is 16.9. The van der Waals surface area contributed by atoms with E-state index < -0.39 is 0 Å². The molecule has 0 amide bonds. The first-order valence-electron chi connectivity index (χ1n) is 10.3. The molecule has 0 bridgehead atoms. The lowest BCUT2D eigenvalue weighted by molar-refractivity contribution is 0.687. The van der Waals surface area contributed by atoms with Gasteiger partial charge in [0.25, 0.3) is 0 Å². The summed E-state index contributed by atoms with van der Waals surface area (Å²) in [7, 11) is 0. The van der Waals surface area contributed by atoms with Crippen LogP contribution in [0.2, 0.25) is 0 Å². The van der Waals surface area contributed by atoms with E-state index in [2.05, 4.69) is 128 Å². The Morgan fingerprint density at radius 1 is 0.517 bits per heavy atom. The molecular weight excluding hydrogens is 350 g/mol. The van der Waals surface area contributed by atoms with E-state index >= 15 is 0 Å². The van der Waals surface area contributed by atoms with Gasteiger partial charge < -0.3 is 4.90 Å². The van der Waals surface area contributed by atoms with Crippen LogP contribution in [0.1, 0.15) is 36.1 Å². The van der Waals surface area contributed by atoms with Crippen molar-refractivity contribution in [3.63, 3.8) is 0 Å². The number of rotatable bonds is 3. The zero-order chi connectivity index (χ0) is 19.8. The first-order valence-corrected chi connectivity index (χ1v) is 10.3. The molecule has 29 heavy (non-hydrogen) atoms. The van der Waals surface area contributed by atoms with E-state index in [1.807, 2.05) is 0 Å². The van der Waals surface area contributed by atoms with Gasteiger partial charge in [-0.25, -0.2) is 0 Å². The SMILES string of the molecule is CC(C)N1c2ccccc2C(c2ccccc2)(c2ccccc2)c2ccccc21. The van der Waals surface area contributed by atoms with Gasteiger partial charge in [-0.2, -0.15) is 0 Å². The highest BCUT2D eigenvalue weighted by Gasteiger charge is 2.46. The highest BCUT2D eigenvalue weighted by atomic mass is 15.2. The number of hydrogen-bond acceptors (Lipinski definition) is 1. The van der Waals surface area contributed by atoms with E-state index in [0.717, 1.165) is 0 Å². The first-order chi connectivity index (χ1) is 14.2. The lowest BCUT2D eigenvalue weighted by atomic mass is 9.62. The molecule has 0 aliphatic carbocycles. The molecule has 4 aromatic rings. The van der Waals surface area contributed by atoms with E-state index in [1.54, 1.807) is 0 Å². The van der Waals surface area contributed by atoms with E-state index in [-0.39, 0.29) is 5.41 Å². The van der Waals surface area contributed by atoms with E-state index in [0.29, 0.717) is 6.04 Å². The third-order valence-electron chi connectivity index (χ3n) is 6.07. The van der Waals surface area contributed by atoms with Crippen LogP contribution in [0.5, 0.6) is 0 Å². The summed E-state index contributed by atoms with van der Waals surface area (Å²) in [6.45, 7) is 4.54. The molecule has 142 valence electrons. The normalized spacial score (nSPS) is 14.4. The molecule has 1 heteroatoms. The van der Waals surface area contributed by atoms with Crippen molar-refractivity contribution in [2.45, 2.75) is 25.3 Å². The first kappa shape index (κ1) is 17.8. The lowest BCUT2D eigenvalue weighted by Crippen LogP contribution is -2.41. The standard InChI is InChI=1S/C28H25N/c1-21(2)29-26-19-11-9-17-24(26)28(22-13-5-3-6-14-22,23-15-7-4-8-16-23)25-18-10-12-20-27(25)29/h3-21H,1-2H3. The lowest BCUT2D eigenvalue weighted by Gasteiger charge is -2.47. The van der Waals surface area contributed by atoms with Crippen molar-refractivity contribution in [3.05, 3.63) is 131 Å². The van der Waals surface area contributed by atoms with Crippen molar-refractivity contribution in [1.29, 1.82) is 0 Å². The van der Waals surface area contributed by atoms with Gasteiger partial charge in [-0.05, 0) is 48.2 Å². The summed E-state index contributed by atoms with van der Waals surface area (Å²) in [4.78, 5) is 2.48. The number of hydrogen-bond donors (Lipinski definition) is 0. The summed E-state index contributed by atoms with van der Waals surface area (Å²) in [6, 6.07) is 40.1. The molecule has 0 saturated carbocycles. The van der Waals surface area contributed by atoms with E-state index in [9.17, 15) is 0 Å². The molecule has 1 aliphatic heterocycles. The van der Waals surface area contributed by atoms with Crippen LogP contribution in [0.25, 0.3) is 0 Å². The van der Waals surface area contributed by atoms with Crippen molar-refractivity contribution in [1.82, 2.24) is 0 Å².